The van der Waals surface area contributed by atoms with Gasteiger partial charge in [-0.1, -0.05) is 25.5 Å². The number of hydrogen-bond acceptors (Lipinski definition) is 3. The molecule has 1 atom stereocenters. The number of benzene rings is 1. The molecule has 0 bridgehead atoms. The third-order valence-electron chi connectivity index (χ3n) is 4.38. The van der Waals surface area contributed by atoms with Crippen LogP contribution in [0, 0.1) is 5.41 Å². The van der Waals surface area contributed by atoms with Gasteiger partial charge in [0.05, 0.1) is 6.10 Å². The Bertz CT molecular complexity index is 488. The van der Waals surface area contributed by atoms with Crippen molar-refractivity contribution in [2.75, 3.05) is 13.1 Å². The highest BCUT2D eigenvalue weighted by Crippen LogP contribution is 2.36. The fraction of sp³-hybridized carbons (Fsp3) is 0.588. The lowest BCUT2D eigenvalue weighted by atomic mass is 9.76. The molecule has 1 saturated heterocycles. The summed E-state index contributed by atoms with van der Waals surface area (Å²) in [5.41, 5.74) is 0.604. The van der Waals surface area contributed by atoms with E-state index in [2.05, 4.69) is 12.2 Å². The summed E-state index contributed by atoms with van der Waals surface area (Å²) < 4.78 is 5.80. The lowest BCUT2D eigenvalue weighted by molar-refractivity contribution is 0.0801. The van der Waals surface area contributed by atoms with Crippen molar-refractivity contribution in [2.45, 2.75) is 45.1 Å². The number of hydrogen-bond donors (Lipinski definition) is 1. The van der Waals surface area contributed by atoms with Crippen molar-refractivity contribution in [3.63, 3.8) is 0 Å². The second-order valence-corrected chi connectivity index (χ2v) is 6.13. The SMILES string of the molecule is CCCC1(C(=O)c2cccc(OC3CC3)c2)CCNC1. The van der Waals surface area contributed by atoms with Gasteiger partial charge in [-0.05, 0) is 44.4 Å². The van der Waals surface area contributed by atoms with Crippen molar-refractivity contribution in [3.05, 3.63) is 29.8 Å². The average molecular weight is 273 g/mol. The van der Waals surface area contributed by atoms with Crippen LogP contribution in [-0.4, -0.2) is 25.0 Å². The number of ketones is 1. The molecule has 1 aliphatic carbocycles. The molecule has 1 aliphatic heterocycles. The minimum atomic E-state index is -0.201. The Hall–Kier alpha value is -1.35. The molecule has 20 heavy (non-hydrogen) atoms. The summed E-state index contributed by atoms with van der Waals surface area (Å²) in [6.45, 7) is 3.91. The van der Waals surface area contributed by atoms with E-state index in [1.165, 1.54) is 0 Å². The predicted molar refractivity (Wildman–Crippen MR) is 79.3 cm³/mol. The van der Waals surface area contributed by atoms with Crippen molar-refractivity contribution in [1.82, 2.24) is 5.32 Å². The first kappa shape index (κ1) is 13.6. The summed E-state index contributed by atoms with van der Waals surface area (Å²) in [7, 11) is 0. The Balaban J connectivity index is 1.81. The first-order valence-electron chi connectivity index (χ1n) is 7.76. The zero-order chi connectivity index (χ0) is 14.0. The van der Waals surface area contributed by atoms with Crippen molar-refractivity contribution >= 4 is 5.78 Å². The van der Waals surface area contributed by atoms with Gasteiger partial charge in [0.25, 0.3) is 0 Å². The van der Waals surface area contributed by atoms with E-state index in [0.29, 0.717) is 6.10 Å². The molecule has 0 spiro atoms. The summed E-state index contributed by atoms with van der Waals surface area (Å²) in [6, 6.07) is 7.75. The molecule has 3 nitrogen and oxygen atoms in total. The summed E-state index contributed by atoms with van der Waals surface area (Å²) in [6.07, 6.45) is 5.62. The third kappa shape index (κ3) is 2.73. The average Bonchev–Trinajstić information content (AvgIpc) is 3.14. The van der Waals surface area contributed by atoms with E-state index in [1.807, 2.05) is 24.3 Å². The lowest BCUT2D eigenvalue weighted by Gasteiger charge is -2.26. The zero-order valence-corrected chi connectivity index (χ0v) is 12.2. The van der Waals surface area contributed by atoms with Crippen LogP contribution >= 0.6 is 0 Å². The Morgan fingerprint density at radius 3 is 2.95 bits per heavy atom. The molecular weight excluding hydrogens is 250 g/mol. The third-order valence-corrected chi connectivity index (χ3v) is 4.38. The monoisotopic (exact) mass is 273 g/mol. The molecule has 1 heterocycles. The zero-order valence-electron chi connectivity index (χ0n) is 12.2. The van der Waals surface area contributed by atoms with Crippen LogP contribution in [0.1, 0.15) is 49.4 Å². The molecule has 108 valence electrons. The van der Waals surface area contributed by atoms with Crippen molar-refractivity contribution in [3.8, 4) is 5.75 Å². The first-order valence-corrected chi connectivity index (χ1v) is 7.76. The van der Waals surface area contributed by atoms with Gasteiger partial charge in [-0.2, -0.15) is 0 Å². The van der Waals surface area contributed by atoms with E-state index in [0.717, 1.165) is 56.5 Å². The highest BCUT2D eigenvalue weighted by atomic mass is 16.5. The van der Waals surface area contributed by atoms with Gasteiger partial charge in [-0.3, -0.25) is 4.79 Å². The fourth-order valence-electron chi connectivity index (χ4n) is 3.14. The van der Waals surface area contributed by atoms with Gasteiger partial charge in [-0.15, -0.1) is 0 Å². The van der Waals surface area contributed by atoms with Gasteiger partial charge in [0, 0.05) is 17.5 Å². The predicted octanol–water partition coefficient (Wildman–Crippen LogP) is 3.19. The molecule has 1 saturated carbocycles. The van der Waals surface area contributed by atoms with Crippen LogP contribution in [-0.2, 0) is 0 Å². The van der Waals surface area contributed by atoms with E-state index >= 15 is 0 Å². The number of carbonyl (C=O) groups excluding carboxylic acids is 1. The first-order chi connectivity index (χ1) is 9.73. The van der Waals surface area contributed by atoms with Crippen LogP contribution in [0.2, 0.25) is 0 Å². The second kappa shape index (κ2) is 5.57. The van der Waals surface area contributed by atoms with Crippen LogP contribution < -0.4 is 10.1 Å². The number of ether oxygens (including phenoxy) is 1. The van der Waals surface area contributed by atoms with Crippen LogP contribution in [0.3, 0.4) is 0 Å². The quantitative estimate of drug-likeness (QED) is 0.809. The Labute approximate surface area is 120 Å². The highest BCUT2D eigenvalue weighted by molar-refractivity contribution is 6.01. The highest BCUT2D eigenvalue weighted by Gasteiger charge is 2.40. The molecule has 2 fully saturated rings. The molecule has 1 unspecified atom stereocenters. The Kier molecular flexibility index (Phi) is 3.79. The van der Waals surface area contributed by atoms with Crippen molar-refractivity contribution in [2.24, 2.45) is 5.41 Å². The van der Waals surface area contributed by atoms with Crippen LogP contribution in [0.15, 0.2) is 24.3 Å². The molecule has 0 radical (unpaired) electrons. The summed E-state index contributed by atoms with van der Waals surface area (Å²) in [5.74, 6) is 1.13. The topological polar surface area (TPSA) is 38.3 Å². The molecule has 1 aromatic carbocycles. The van der Waals surface area contributed by atoms with E-state index in [-0.39, 0.29) is 11.2 Å². The van der Waals surface area contributed by atoms with Gasteiger partial charge in [0.1, 0.15) is 5.75 Å². The molecule has 3 rings (SSSR count). The molecular formula is C17H23NO2. The van der Waals surface area contributed by atoms with Gasteiger partial charge in [0.2, 0.25) is 0 Å². The normalized spacial score (nSPS) is 25.6. The molecule has 1 aromatic rings. The second-order valence-electron chi connectivity index (χ2n) is 6.13. The molecule has 1 N–H and O–H groups in total. The van der Waals surface area contributed by atoms with Crippen molar-refractivity contribution < 1.29 is 9.53 Å². The number of rotatable bonds is 6. The van der Waals surface area contributed by atoms with Gasteiger partial charge in [-0.25, -0.2) is 0 Å². The largest absolute Gasteiger partial charge is 0.490 e. The van der Waals surface area contributed by atoms with Crippen LogP contribution in [0.25, 0.3) is 0 Å². The van der Waals surface area contributed by atoms with Crippen LogP contribution in [0.5, 0.6) is 5.75 Å². The smallest absolute Gasteiger partial charge is 0.170 e. The number of Topliss-reactive ketones (excluding diaryl/α,β-unsaturated/α-hetero) is 1. The van der Waals surface area contributed by atoms with E-state index < -0.39 is 0 Å². The maximum absolute atomic E-state index is 12.9. The maximum atomic E-state index is 12.9. The standard InChI is InChI=1S/C17H23NO2/c1-2-8-17(9-10-18-12-17)16(19)13-4-3-5-15(11-13)20-14-6-7-14/h3-5,11,14,18H,2,6-10,12H2,1H3. The summed E-state index contributed by atoms with van der Waals surface area (Å²) in [5, 5.41) is 3.35. The van der Waals surface area contributed by atoms with E-state index in [4.69, 9.17) is 4.74 Å². The molecule has 0 aromatic heterocycles. The maximum Gasteiger partial charge on any atom is 0.170 e. The summed E-state index contributed by atoms with van der Waals surface area (Å²) >= 11 is 0. The van der Waals surface area contributed by atoms with Gasteiger partial charge >= 0.3 is 0 Å². The fourth-order valence-corrected chi connectivity index (χ4v) is 3.14. The Morgan fingerprint density at radius 2 is 2.30 bits per heavy atom. The molecule has 3 heteroatoms. The number of nitrogens with one attached hydrogen (secondary N) is 1. The minimum absolute atomic E-state index is 0.201. The lowest BCUT2D eigenvalue weighted by Crippen LogP contribution is -2.33. The van der Waals surface area contributed by atoms with Crippen LogP contribution in [0.4, 0.5) is 0 Å². The van der Waals surface area contributed by atoms with Gasteiger partial charge in [0.15, 0.2) is 5.78 Å². The summed E-state index contributed by atoms with van der Waals surface area (Å²) in [4.78, 5) is 12.9. The molecule has 0 amide bonds. The minimum Gasteiger partial charge on any atom is -0.490 e. The molecule has 2 aliphatic rings. The number of carbonyl (C=O) groups is 1. The van der Waals surface area contributed by atoms with E-state index in [1.54, 1.807) is 0 Å². The van der Waals surface area contributed by atoms with Gasteiger partial charge < -0.3 is 10.1 Å². The van der Waals surface area contributed by atoms with Crippen molar-refractivity contribution in [1.29, 1.82) is 0 Å². The van der Waals surface area contributed by atoms with E-state index in [9.17, 15) is 4.79 Å². The Morgan fingerprint density at radius 1 is 1.45 bits per heavy atom.